The number of aldehydes is 1. The fraction of sp³-hybridized carbons (Fsp3) is 0.960. The fourth-order valence-electron chi connectivity index (χ4n) is 3.96. The van der Waals surface area contributed by atoms with E-state index in [1.165, 1.54) is 122 Å². The van der Waals surface area contributed by atoms with Crippen LogP contribution in [0.3, 0.4) is 0 Å². The molecule has 1 heteroatoms. The summed E-state index contributed by atoms with van der Waals surface area (Å²) in [6, 6.07) is 0. The molecular formula is C25H50O. The van der Waals surface area contributed by atoms with Gasteiger partial charge in [0.25, 0.3) is 0 Å². The molecule has 0 heterocycles. The highest BCUT2D eigenvalue weighted by molar-refractivity contribution is 5.53. The molecule has 0 aliphatic heterocycles. The Morgan fingerprint density at radius 1 is 0.462 bits per heavy atom. The van der Waals surface area contributed by atoms with Crippen molar-refractivity contribution in [3.05, 3.63) is 0 Å². The standard InChI is InChI=1S/C25H50O/c1-3-5-6-7-8-9-10-11-12-13-14-15-16-17-18-19-20-21-23-25(24-26)22-4-2/h24-25H,3-23H2,1-2H3. The topological polar surface area (TPSA) is 17.1 Å². The van der Waals surface area contributed by atoms with Gasteiger partial charge in [0, 0.05) is 5.92 Å². The van der Waals surface area contributed by atoms with E-state index in [0.29, 0.717) is 5.92 Å². The highest BCUT2D eigenvalue weighted by atomic mass is 16.1. The van der Waals surface area contributed by atoms with Crippen molar-refractivity contribution in [1.82, 2.24) is 0 Å². The average molecular weight is 367 g/mol. The van der Waals surface area contributed by atoms with Gasteiger partial charge in [-0.05, 0) is 12.8 Å². The van der Waals surface area contributed by atoms with Gasteiger partial charge in [0.05, 0.1) is 0 Å². The van der Waals surface area contributed by atoms with Crippen LogP contribution in [0.1, 0.15) is 149 Å². The Labute approximate surface area is 166 Å². The Kier molecular flexibility index (Phi) is 22.4. The number of carbonyl (C=O) groups is 1. The molecule has 156 valence electrons. The minimum Gasteiger partial charge on any atom is -0.303 e. The van der Waals surface area contributed by atoms with E-state index in [9.17, 15) is 4.79 Å². The second kappa shape index (κ2) is 22.7. The van der Waals surface area contributed by atoms with E-state index < -0.39 is 0 Å². The SMILES string of the molecule is CCCCCCCCCCCCCCCCCCCCC(C=O)CCC. The van der Waals surface area contributed by atoms with Crippen LogP contribution in [-0.2, 0) is 4.79 Å². The van der Waals surface area contributed by atoms with Crippen LogP contribution in [0, 0.1) is 5.92 Å². The summed E-state index contributed by atoms with van der Waals surface area (Å²) in [5.41, 5.74) is 0. The van der Waals surface area contributed by atoms with E-state index in [1.807, 2.05) is 0 Å². The lowest BCUT2D eigenvalue weighted by atomic mass is 9.97. The summed E-state index contributed by atoms with van der Waals surface area (Å²) >= 11 is 0. The van der Waals surface area contributed by atoms with Crippen LogP contribution in [0.2, 0.25) is 0 Å². The van der Waals surface area contributed by atoms with Gasteiger partial charge in [0.1, 0.15) is 6.29 Å². The molecule has 1 unspecified atom stereocenters. The van der Waals surface area contributed by atoms with Crippen molar-refractivity contribution < 1.29 is 4.79 Å². The first-order valence-corrected chi connectivity index (χ1v) is 12.3. The predicted octanol–water partition coefficient (Wildman–Crippen LogP) is 9.03. The largest absolute Gasteiger partial charge is 0.303 e. The minimum atomic E-state index is 0.334. The lowest BCUT2D eigenvalue weighted by Gasteiger charge is -2.08. The third kappa shape index (κ3) is 20.0. The Bertz CT molecular complexity index is 261. The maximum atomic E-state index is 10.9. The molecule has 0 rings (SSSR count). The van der Waals surface area contributed by atoms with Crippen LogP contribution in [0.15, 0.2) is 0 Å². The third-order valence-corrected chi connectivity index (χ3v) is 5.78. The maximum absolute atomic E-state index is 10.9. The summed E-state index contributed by atoms with van der Waals surface area (Å²) in [7, 11) is 0. The zero-order chi connectivity index (χ0) is 19.1. The Morgan fingerprint density at radius 2 is 0.808 bits per heavy atom. The summed E-state index contributed by atoms with van der Waals surface area (Å²) in [5.74, 6) is 0.334. The molecule has 0 saturated carbocycles. The molecule has 0 aromatic carbocycles. The normalized spacial score (nSPS) is 12.4. The van der Waals surface area contributed by atoms with Gasteiger partial charge in [-0.2, -0.15) is 0 Å². The zero-order valence-corrected chi connectivity index (χ0v) is 18.4. The van der Waals surface area contributed by atoms with E-state index >= 15 is 0 Å². The molecule has 26 heavy (non-hydrogen) atoms. The minimum absolute atomic E-state index is 0.334. The first-order chi connectivity index (χ1) is 12.8. The molecule has 0 N–H and O–H groups in total. The van der Waals surface area contributed by atoms with Crippen LogP contribution < -0.4 is 0 Å². The van der Waals surface area contributed by atoms with E-state index in [1.54, 1.807) is 0 Å². The molecule has 1 nitrogen and oxygen atoms in total. The third-order valence-electron chi connectivity index (χ3n) is 5.78. The molecule has 0 amide bonds. The van der Waals surface area contributed by atoms with Crippen molar-refractivity contribution >= 4 is 6.29 Å². The van der Waals surface area contributed by atoms with Gasteiger partial charge >= 0.3 is 0 Å². The Morgan fingerprint density at radius 3 is 1.12 bits per heavy atom. The smallest absolute Gasteiger partial charge is 0.123 e. The van der Waals surface area contributed by atoms with Crippen molar-refractivity contribution in [2.45, 2.75) is 149 Å². The molecule has 0 aromatic heterocycles. The zero-order valence-electron chi connectivity index (χ0n) is 18.4. The summed E-state index contributed by atoms with van der Waals surface area (Å²) in [6.07, 6.45) is 30.1. The van der Waals surface area contributed by atoms with Crippen LogP contribution in [0.5, 0.6) is 0 Å². The number of carbonyl (C=O) groups excluding carboxylic acids is 1. The number of unbranched alkanes of at least 4 members (excludes halogenated alkanes) is 17. The summed E-state index contributed by atoms with van der Waals surface area (Å²) in [5, 5.41) is 0. The molecule has 0 fully saturated rings. The Hall–Kier alpha value is -0.330. The first-order valence-electron chi connectivity index (χ1n) is 12.3. The van der Waals surface area contributed by atoms with Gasteiger partial charge in [0.15, 0.2) is 0 Å². The van der Waals surface area contributed by atoms with Crippen molar-refractivity contribution in [2.24, 2.45) is 5.92 Å². The van der Waals surface area contributed by atoms with Crippen molar-refractivity contribution in [2.75, 3.05) is 0 Å². The van der Waals surface area contributed by atoms with Crippen LogP contribution in [-0.4, -0.2) is 6.29 Å². The van der Waals surface area contributed by atoms with Crippen molar-refractivity contribution in [3.8, 4) is 0 Å². The van der Waals surface area contributed by atoms with E-state index in [2.05, 4.69) is 13.8 Å². The summed E-state index contributed by atoms with van der Waals surface area (Å²) in [4.78, 5) is 10.9. The average Bonchev–Trinajstić information content (AvgIpc) is 2.66. The molecule has 0 radical (unpaired) electrons. The van der Waals surface area contributed by atoms with Crippen LogP contribution in [0.25, 0.3) is 0 Å². The van der Waals surface area contributed by atoms with Gasteiger partial charge in [0.2, 0.25) is 0 Å². The van der Waals surface area contributed by atoms with Gasteiger partial charge in [-0.15, -0.1) is 0 Å². The highest BCUT2D eigenvalue weighted by Crippen LogP contribution is 2.16. The second-order valence-electron chi connectivity index (χ2n) is 8.48. The molecule has 1 atom stereocenters. The molecule has 0 aliphatic rings. The fourth-order valence-corrected chi connectivity index (χ4v) is 3.96. The second-order valence-corrected chi connectivity index (χ2v) is 8.48. The van der Waals surface area contributed by atoms with Gasteiger partial charge < -0.3 is 4.79 Å². The van der Waals surface area contributed by atoms with Crippen molar-refractivity contribution in [3.63, 3.8) is 0 Å². The van der Waals surface area contributed by atoms with Gasteiger partial charge in [-0.1, -0.05) is 136 Å². The summed E-state index contributed by atoms with van der Waals surface area (Å²) < 4.78 is 0. The molecule has 0 aliphatic carbocycles. The lowest BCUT2D eigenvalue weighted by molar-refractivity contribution is -0.111. The maximum Gasteiger partial charge on any atom is 0.123 e. The van der Waals surface area contributed by atoms with Gasteiger partial charge in [-0.3, -0.25) is 0 Å². The van der Waals surface area contributed by atoms with E-state index in [0.717, 1.165) is 19.3 Å². The van der Waals surface area contributed by atoms with E-state index in [-0.39, 0.29) is 0 Å². The van der Waals surface area contributed by atoms with Crippen LogP contribution >= 0.6 is 0 Å². The lowest BCUT2D eigenvalue weighted by Crippen LogP contribution is -2.01. The molecule has 0 aromatic rings. The van der Waals surface area contributed by atoms with Crippen molar-refractivity contribution in [1.29, 1.82) is 0 Å². The molecule has 0 bridgehead atoms. The number of rotatable bonds is 22. The molecule has 0 spiro atoms. The first kappa shape index (κ1) is 25.7. The quantitative estimate of drug-likeness (QED) is 0.138. The van der Waals surface area contributed by atoms with Crippen LogP contribution in [0.4, 0.5) is 0 Å². The molecule has 0 saturated heterocycles. The highest BCUT2D eigenvalue weighted by Gasteiger charge is 2.04. The van der Waals surface area contributed by atoms with Gasteiger partial charge in [-0.25, -0.2) is 0 Å². The summed E-state index contributed by atoms with van der Waals surface area (Å²) in [6.45, 7) is 4.46. The molecular weight excluding hydrogens is 316 g/mol. The predicted molar refractivity (Wildman–Crippen MR) is 118 cm³/mol. The Balaban J connectivity index is 3.08. The number of hydrogen-bond acceptors (Lipinski definition) is 1. The monoisotopic (exact) mass is 366 g/mol. The van der Waals surface area contributed by atoms with E-state index in [4.69, 9.17) is 0 Å². The number of hydrogen-bond donors (Lipinski definition) is 0.